The number of amides is 1. The zero-order valence-corrected chi connectivity index (χ0v) is 21.7. The molecule has 1 amide bonds. The van der Waals surface area contributed by atoms with Gasteiger partial charge in [-0.25, -0.2) is 12.8 Å². The Bertz CT molecular complexity index is 1320. The average Bonchev–Trinajstić information content (AvgIpc) is 2.76. The van der Waals surface area contributed by atoms with E-state index in [0.717, 1.165) is 10.4 Å². The van der Waals surface area contributed by atoms with E-state index in [-0.39, 0.29) is 29.0 Å². The number of carbonyl (C=O) groups is 1. The maximum absolute atomic E-state index is 13.6. The maximum Gasteiger partial charge on any atom is 0.251 e. The molecule has 35 heavy (non-hydrogen) atoms. The van der Waals surface area contributed by atoms with Crippen LogP contribution < -0.4 is 5.32 Å². The number of nitrogens with one attached hydrogen (secondary N) is 1. The molecule has 0 aliphatic rings. The number of rotatable bonds is 7. The normalized spacial score (nSPS) is 12.1. The molecule has 3 rings (SSSR count). The lowest BCUT2D eigenvalue weighted by molar-refractivity contribution is 0.0919. The van der Waals surface area contributed by atoms with Crippen LogP contribution in [0.15, 0.2) is 65.6 Å². The van der Waals surface area contributed by atoms with Crippen molar-refractivity contribution in [3.05, 3.63) is 93.2 Å². The first-order valence-electron chi connectivity index (χ1n) is 10.6. The summed E-state index contributed by atoms with van der Waals surface area (Å²) in [6, 6.07) is 14.3. The third kappa shape index (κ3) is 6.95. The number of hydrogen-bond donors (Lipinski definition) is 2. The van der Waals surface area contributed by atoms with Crippen LogP contribution in [0.1, 0.15) is 42.3 Å². The number of nitrogens with zero attached hydrogens (tertiary/aromatic N) is 1. The Morgan fingerprint density at radius 1 is 0.971 bits per heavy atom. The van der Waals surface area contributed by atoms with E-state index in [1.54, 1.807) is 24.3 Å². The van der Waals surface area contributed by atoms with E-state index in [9.17, 15) is 22.7 Å². The first kappa shape index (κ1) is 26.9. The SMILES string of the molecule is CC(C)(C)NC(=O)c1ccc(CN(Cc2ccc(F)cc2)S(=O)(=O)c2cc(Cl)cc(Cl)c2O)cc1. The van der Waals surface area contributed by atoms with Crippen LogP contribution in [0.25, 0.3) is 0 Å². The zero-order valence-electron chi connectivity index (χ0n) is 19.3. The Morgan fingerprint density at radius 2 is 1.49 bits per heavy atom. The van der Waals surface area contributed by atoms with Gasteiger partial charge in [0.05, 0.1) is 5.02 Å². The second-order valence-electron chi connectivity index (χ2n) is 9.03. The van der Waals surface area contributed by atoms with Gasteiger partial charge in [-0.2, -0.15) is 4.31 Å². The minimum absolute atomic E-state index is 0.0438. The number of sulfonamides is 1. The van der Waals surface area contributed by atoms with Gasteiger partial charge in [-0.3, -0.25) is 4.79 Å². The largest absolute Gasteiger partial charge is 0.505 e. The predicted molar refractivity (Wildman–Crippen MR) is 135 cm³/mol. The molecule has 2 N–H and O–H groups in total. The number of hydrogen-bond acceptors (Lipinski definition) is 4. The first-order chi connectivity index (χ1) is 16.3. The second-order valence-corrected chi connectivity index (χ2v) is 11.8. The summed E-state index contributed by atoms with van der Waals surface area (Å²) in [5.41, 5.74) is 1.14. The third-order valence-corrected chi connectivity index (χ3v) is 7.26. The van der Waals surface area contributed by atoms with Crippen molar-refractivity contribution in [2.45, 2.75) is 44.3 Å². The molecule has 0 unspecified atom stereocenters. The minimum atomic E-state index is -4.29. The molecule has 0 heterocycles. The fraction of sp³-hybridized carbons (Fsp3) is 0.240. The van der Waals surface area contributed by atoms with Crippen LogP contribution >= 0.6 is 23.2 Å². The summed E-state index contributed by atoms with van der Waals surface area (Å²) >= 11 is 12.0. The van der Waals surface area contributed by atoms with Gasteiger partial charge in [0.25, 0.3) is 5.91 Å². The fourth-order valence-corrected chi connectivity index (χ4v) is 5.44. The molecule has 0 aliphatic heterocycles. The summed E-state index contributed by atoms with van der Waals surface area (Å²) in [6.07, 6.45) is 0. The van der Waals surface area contributed by atoms with Crippen molar-refractivity contribution in [2.75, 3.05) is 0 Å². The molecule has 0 radical (unpaired) electrons. The summed E-state index contributed by atoms with van der Waals surface area (Å²) < 4.78 is 41.7. The number of phenolic OH excluding ortho intramolecular Hbond substituents is 1. The molecule has 3 aromatic carbocycles. The topological polar surface area (TPSA) is 86.7 Å². The molecule has 0 spiro atoms. The van der Waals surface area contributed by atoms with Gasteiger partial charge in [0.15, 0.2) is 5.75 Å². The van der Waals surface area contributed by atoms with E-state index in [2.05, 4.69) is 5.32 Å². The highest BCUT2D eigenvalue weighted by atomic mass is 35.5. The molecule has 0 saturated carbocycles. The fourth-order valence-electron chi connectivity index (χ4n) is 3.28. The molecule has 0 atom stereocenters. The van der Waals surface area contributed by atoms with Crippen molar-refractivity contribution < 1.29 is 22.7 Å². The Hall–Kier alpha value is -2.65. The van der Waals surface area contributed by atoms with Gasteiger partial charge in [0.2, 0.25) is 10.0 Å². The highest BCUT2D eigenvalue weighted by molar-refractivity contribution is 7.89. The van der Waals surface area contributed by atoms with Gasteiger partial charge in [0, 0.05) is 29.2 Å². The van der Waals surface area contributed by atoms with Crippen molar-refractivity contribution in [2.24, 2.45) is 0 Å². The Labute approximate surface area is 214 Å². The van der Waals surface area contributed by atoms with E-state index in [0.29, 0.717) is 16.7 Å². The lowest BCUT2D eigenvalue weighted by atomic mass is 10.1. The first-order valence-corrected chi connectivity index (χ1v) is 12.8. The third-order valence-electron chi connectivity index (χ3n) is 4.95. The summed E-state index contributed by atoms with van der Waals surface area (Å²) in [6.45, 7) is 5.40. The summed E-state index contributed by atoms with van der Waals surface area (Å²) in [4.78, 5) is 12.0. The number of benzene rings is 3. The summed E-state index contributed by atoms with van der Waals surface area (Å²) in [7, 11) is -4.29. The average molecular weight is 539 g/mol. The molecule has 6 nitrogen and oxygen atoms in total. The van der Waals surface area contributed by atoms with E-state index in [1.165, 1.54) is 30.3 Å². The Kier molecular flexibility index (Phi) is 8.11. The van der Waals surface area contributed by atoms with E-state index in [1.807, 2.05) is 20.8 Å². The highest BCUT2D eigenvalue weighted by Gasteiger charge is 2.29. The Balaban J connectivity index is 1.97. The van der Waals surface area contributed by atoms with Gasteiger partial charge in [0.1, 0.15) is 10.7 Å². The van der Waals surface area contributed by atoms with E-state index in [4.69, 9.17) is 23.2 Å². The molecule has 0 saturated heterocycles. The van der Waals surface area contributed by atoms with Crippen LogP contribution in [0.2, 0.25) is 10.0 Å². The predicted octanol–water partition coefficient (Wildman–Crippen LogP) is 5.76. The van der Waals surface area contributed by atoms with Gasteiger partial charge < -0.3 is 10.4 Å². The summed E-state index contributed by atoms with van der Waals surface area (Å²) in [5.74, 6) is -1.32. The molecule has 10 heteroatoms. The molecule has 0 aromatic heterocycles. The number of carbonyl (C=O) groups excluding carboxylic acids is 1. The van der Waals surface area contributed by atoms with Gasteiger partial charge in [-0.15, -0.1) is 0 Å². The molecule has 0 aliphatic carbocycles. The van der Waals surface area contributed by atoms with Crippen molar-refractivity contribution in [3.63, 3.8) is 0 Å². The van der Waals surface area contributed by atoms with Crippen LogP contribution in [0, 0.1) is 5.82 Å². The van der Waals surface area contributed by atoms with Crippen molar-refractivity contribution >= 4 is 39.1 Å². The minimum Gasteiger partial charge on any atom is -0.505 e. The number of aromatic hydroxyl groups is 1. The van der Waals surface area contributed by atoms with Crippen LogP contribution in [0.4, 0.5) is 4.39 Å². The molecule has 3 aromatic rings. The monoisotopic (exact) mass is 538 g/mol. The summed E-state index contributed by atoms with van der Waals surface area (Å²) in [5, 5.41) is 13.1. The Morgan fingerprint density at radius 3 is 2.00 bits per heavy atom. The number of phenols is 1. The zero-order chi connectivity index (χ0) is 26.0. The van der Waals surface area contributed by atoms with Crippen LogP contribution in [-0.4, -0.2) is 29.3 Å². The lowest BCUT2D eigenvalue weighted by Crippen LogP contribution is -2.40. The van der Waals surface area contributed by atoms with Crippen molar-refractivity contribution in [3.8, 4) is 5.75 Å². The van der Waals surface area contributed by atoms with Crippen LogP contribution in [0.3, 0.4) is 0 Å². The standard InChI is InChI=1S/C25H25Cl2FN2O4S/c1-25(2,3)29-24(32)18-8-4-16(5-9-18)14-30(15-17-6-10-20(28)11-7-17)35(33,34)22-13-19(26)12-21(27)23(22)31/h4-13,31H,14-15H2,1-3H3,(H,29,32). The molecular formula is C25H25Cl2FN2O4S. The smallest absolute Gasteiger partial charge is 0.251 e. The van der Waals surface area contributed by atoms with Gasteiger partial charge in [-0.05, 0) is 68.3 Å². The van der Waals surface area contributed by atoms with E-state index < -0.39 is 32.0 Å². The van der Waals surface area contributed by atoms with Gasteiger partial charge >= 0.3 is 0 Å². The molecule has 186 valence electrons. The quantitative estimate of drug-likeness (QED) is 0.400. The van der Waals surface area contributed by atoms with Crippen LogP contribution in [0.5, 0.6) is 5.75 Å². The van der Waals surface area contributed by atoms with Crippen molar-refractivity contribution in [1.29, 1.82) is 0 Å². The molecular weight excluding hydrogens is 514 g/mol. The highest BCUT2D eigenvalue weighted by Crippen LogP contribution is 2.36. The van der Waals surface area contributed by atoms with Crippen LogP contribution in [-0.2, 0) is 23.1 Å². The molecule has 0 bridgehead atoms. The van der Waals surface area contributed by atoms with Crippen molar-refractivity contribution in [1.82, 2.24) is 9.62 Å². The lowest BCUT2D eigenvalue weighted by Gasteiger charge is -2.24. The second kappa shape index (κ2) is 10.5. The van der Waals surface area contributed by atoms with Gasteiger partial charge in [-0.1, -0.05) is 47.5 Å². The maximum atomic E-state index is 13.6. The number of halogens is 3. The molecule has 0 fully saturated rings. The van der Waals surface area contributed by atoms with E-state index >= 15 is 0 Å².